The van der Waals surface area contributed by atoms with Crippen molar-refractivity contribution in [3.8, 4) is 0 Å². The number of nitrogens with zero attached hydrogens (tertiary/aromatic N) is 3. The summed E-state index contributed by atoms with van der Waals surface area (Å²) in [5.74, 6) is -2.78. The smallest absolute Gasteiger partial charge is 0.261 e. The average Bonchev–Trinajstić information content (AvgIpc) is 3.17. The molecular formula is C20H19F2N5O2S. The molecule has 30 heavy (non-hydrogen) atoms. The fraction of sp³-hybridized carbons (Fsp3) is 0.300. The van der Waals surface area contributed by atoms with Crippen LogP contribution in [0.3, 0.4) is 0 Å². The minimum atomic E-state index is -1.11. The second-order valence-corrected chi connectivity index (χ2v) is 8.22. The first-order chi connectivity index (χ1) is 14.4. The number of fused-ring (bicyclic) bond motifs is 1. The molecule has 1 fully saturated rings. The van der Waals surface area contributed by atoms with E-state index in [4.69, 9.17) is 0 Å². The van der Waals surface area contributed by atoms with Crippen molar-refractivity contribution in [2.24, 2.45) is 0 Å². The number of anilines is 1. The number of amides is 2. The summed E-state index contributed by atoms with van der Waals surface area (Å²) in [6.45, 7) is 1.87. The van der Waals surface area contributed by atoms with E-state index in [-0.39, 0.29) is 23.3 Å². The van der Waals surface area contributed by atoms with Gasteiger partial charge in [0, 0.05) is 11.6 Å². The number of carbonyl (C=O) groups excluding carboxylic acids is 2. The second-order valence-electron chi connectivity index (χ2n) is 7.19. The largest absolute Gasteiger partial charge is 0.349 e. The number of halogens is 2. The molecule has 2 N–H and O–H groups in total. The number of carbonyl (C=O) groups is 2. The van der Waals surface area contributed by atoms with Crippen LogP contribution in [0.5, 0.6) is 0 Å². The number of hydrogen-bond donors (Lipinski definition) is 2. The molecule has 0 bridgehead atoms. The summed E-state index contributed by atoms with van der Waals surface area (Å²) >= 11 is 1.20. The van der Waals surface area contributed by atoms with Crippen molar-refractivity contribution in [2.75, 3.05) is 25.5 Å². The van der Waals surface area contributed by atoms with Gasteiger partial charge in [-0.3, -0.25) is 9.59 Å². The summed E-state index contributed by atoms with van der Waals surface area (Å²) in [5, 5.41) is 6.13. The van der Waals surface area contributed by atoms with Crippen LogP contribution < -0.4 is 10.6 Å². The van der Waals surface area contributed by atoms with E-state index in [9.17, 15) is 18.4 Å². The van der Waals surface area contributed by atoms with Crippen LogP contribution in [-0.4, -0.2) is 52.9 Å². The van der Waals surface area contributed by atoms with E-state index in [2.05, 4.69) is 32.5 Å². The molecule has 10 heteroatoms. The normalized spacial score (nSPS) is 15.3. The monoisotopic (exact) mass is 431 g/mol. The third-order valence-corrected chi connectivity index (χ3v) is 6.06. The Kier molecular flexibility index (Phi) is 5.69. The van der Waals surface area contributed by atoms with Gasteiger partial charge in [-0.25, -0.2) is 18.7 Å². The van der Waals surface area contributed by atoms with Gasteiger partial charge in [0.25, 0.3) is 11.8 Å². The molecule has 0 spiro atoms. The highest BCUT2D eigenvalue weighted by atomic mass is 32.1. The summed E-state index contributed by atoms with van der Waals surface area (Å²) in [7, 11) is 2.05. The molecule has 1 aliphatic rings. The molecule has 2 amide bonds. The molecule has 3 aromatic rings. The number of benzene rings is 1. The molecule has 1 aliphatic heterocycles. The quantitative estimate of drug-likeness (QED) is 0.663. The fourth-order valence-electron chi connectivity index (χ4n) is 3.29. The highest BCUT2D eigenvalue weighted by Gasteiger charge is 2.21. The first kappa shape index (κ1) is 20.3. The van der Waals surface area contributed by atoms with Gasteiger partial charge < -0.3 is 15.5 Å². The number of rotatable bonds is 4. The van der Waals surface area contributed by atoms with Crippen LogP contribution in [0.4, 0.5) is 14.6 Å². The molecule has 0 radical (unpaired) electrons. The van der Waals surface area contributed by atoms with Gasteiger partial charge in [0.2, 0.25) is 0 Å². The molecule has 156 valence electrons. The number of hydrogen-bond acceptors (Lipinski definition) is 6. The molecule has 4 rings (SSSR count). The molecule has 0 unspecified atom stereocenters. The Morgan fingerprint density at radius 1 is 1.10 bits per heavy atom. The van der Waals surface area contributed by atoms with Crippen LogP contribution in [0.25, 0.3) is 10.2 Å². The Morgan fingerprint density at radius 3 is 2.60 bits per heavy atom. The van der Waals surface area contributed by atoms with Gasteiger partial charge in [-0.05, 0) is 57.2 Å². The Hall–Kier alpha value is -2.98. The SMILES string of the molecule is CN1CCC(NC(=O)c2cc3c(NC(=O)c4ccc(F)c(F)c4)ncnc3s2)CC1. The lowest BCUT2D eigenvalue weighted by atomic mass is 10.1. The number of thiophene rings is 1. The lowest BCUT2D eigenvalue weighted by Gasteiger charge is -2.29. The van der Waals surface area contributed by atoms with Crippen molar-refractivity contribution in [2.45, 2.75) is 18.9 Å². The summed E-state index contributed by atoms with van der Waals surface area (Å²) in [5.41, 5.74) is -0.0453. The van der Waals surface area contributed by atoms with E-state index in [0.29, 0.717) is 15.1 Å². The lowest BCUT2D eigenvalue weighted by Crippen LogP contribution is -2.43. The number of piperidine rings is 1. The molecule has 3 heterocycles. The predicted octanol–water partition coefficient (Wildman–Crippen LogP) is 3.05. The maximum atomic E-state index is 13.4. The topological polar surface area (TPSA) is 87.2 Å². The summed E-state index contributed by atoms with van der Waals surface area (Å²) in [6.07, 6.45) is 3.06. The van der Waals surface area contributed by atoms with E-state index >= 15 is 0 Å². The van der Waals surface area contributed by atoms with Gasteiger partial charge in [0.15, 0.2) is 11.6 Å². The summed E-state index contributed by atoms with van der Waals surface area (Å²) in [6, 6.07) is 4.64. The minimum Gasteiger partial charge on any atom is -0.349 e. The molecule has 0 saturated carbocycles. The maximum Gasteiger partial charge on any atom is 0.261 e. The molecule has 1 saturated heterocycles. The van der Waals surface area contributed by atoms with Crippen LogP contribution >= 0.6 is 11.3 Å². The first-order valence-electron chi connectivity index (χ1n) is 9.41. The average molecular weight is 431 g/mol. The Balaban J connectivity index is 1.52. The van der Waals surface area contributed by atoms with Gasteiger partial charge in [-0.15, -0.1) is 11.3 Å². The number of likely N-dealkylation sites (tertiary alicyclic amines) is 1. The number of nitrogens with one attached hydrogen (secondary N) is 2. The second kappa shape index (κ2) is 8.41. The molecule has 1 aromatic carbocycles. The van der Waals surface area contributed by atoms with E-state index in [0.717, 1.165) is 38.1 Å². The molecule has 0 atom stereocenters. The van der Waals surface area contributed by atoms with Crippen molar-refractivity contribution < 1.29 is 18.4 Å². The van der Waals surface area contributed by atoms with Gasteiger partial charge in [0.05, 0.1) is 10.3 Å². The maximum absolute atomic E-state index is 13.4. The van der Waals surface area contributed by atoms with Crippen LogP contribution in [0.2, 0.25) is 0 Å². The van der Waals surface area contributed by atoms with Crippen LogP contribution in [0.15, 0.2) is 30.6 Å². The summed E-state index contributed by atoms with van der Waals surface area (Å²) < 4.78 is 26.5. The predicted molar refractivity (Wildman–Crippen MR) is 110 cm³/mol. The van der Waals surface area contributed by atoms with E-state index < -0.39 is 17.5 Å². The molecule has 0 aliphatic carbocycles. The molecule has 2 aromatic heterocycles. The van der Waals surface area contributed by atoms with Crippen molar-refractivity contribution in [3.05, 3.63) is 52.7 Å². The highest BCUT2D eigenvalue weighted by molar-refractivity contribution is 7.20. The van der Waals surface area contributed by atoms with E-state index in [1.165, 1.54) is 23.7 Å². The zero-order chi connectivity index (χ0) is 21.3. The zero-order valence-electron chi connectivity index (χ0n) is 16.1. The van der Waals surface area contributed by atoms with Crippen molar-refractivity contribution in [3.63, 3.8) is 0 Å². The van der Waals surface area contributed by atoms with Crippen LogP contribution in [0, 0.1) is 11.6 Å². The molecule has 7 nitrogen and oxygen atoms in total. The van der Waals surface area contributed by atoms with Gasteiger partial charge in [-0.1, -0.05) is 0 Å². The number of aromatic nitrogens is 2. The van der Waals surface area contributed by atoms with Crippen molar-refractivity contribution in [1.29, 1.82) is 0 Å². The Bertz CT molecular complexity index is 1110. The van der Waals surface area contributed by atoms with Gasteiger partial charge in [-0.2, -0.15) is 0 Å². The molecular weight excluding hydrogens is 412 g/mol. The fourth-order valence-corrected chi connectivity index (χ4v) is 4.20. The highest BCUT2D eigenvalue weighted by Crippen LogP contribution is 2.29. The van der Waals surface area contributed by atoms with Crippen LogP contribution in [-0.2, 0) is 0 Å². The Morgan fingerprint density at radius 2 is 1.87 bits per heavy atom. The van der Waals surface area contributed by atoms with Crippen LogP contribution in [0.1, 0.15) is 32.9 Å². The Labute approximate surface area is 175 Å². The van der Waals surface area contributed by atoms with Crippen molar-refractivity contribution >= 4 is 39.2 Å². The standard InChI is InChI=1S/C20H19F2N5O2S/c1-27-6-4-12(5-7-27)25-19(29)16-9-13-17(23-10-24-20(13)30-16)26-18(28)11-2-3-14(21)15(22)8-11/h2-3,8-10,12H,4-7H2,1H3,(H,25,29)(H,23,24,26,28). The minimum absolute atomic E-state index is 0.0453. The zero-order valence-corrected chi connectivity index (χ0v) is 16.9. The van der Waals surface area contributed by atoms with Crippen molar-refractivity contribution in [1.82, 2.24) is 20.2 Å². The van der Waals surface area contributed by atoms with E-state index in [1.54, 1.807) is 6.07 Å². The van der Waals surface area contributed by atoms with Gasteiger partial charge in [0.1, 0.15) is 17.0 Å². The third kappa shape index (κ3) is 4.29. The summed E-state index contributed by atoms with van der Waals surface area (Å²) in [4.78, 5) is 36.5. The third-order valence-electron chi connectivity index (χ3n) is 5.02. The van der Waals surface area contributed by atoms with E-state index in [1.807, 2.05) is 0 Å². The lowest BCUT2D eigenvalue weighted by molar-refractivity contribution is 0.0920. The first-order valence-corrected chi connectivity index (χ1v) is 10.2. The van der Waals surface area contributed by atoms with Gasteiger partial charge >= 0.3 is 0 Å².